The molecule has 1 aliphatic carbocycles. The largest absolute Gasteiger partial charge is 0.481 e. The number of Topliss-reactive ketones (excluding diaryl/α,β-unsaturated/α-hetero) is 1. The zero-order chi connectivity index (χ0) is 19.8. The predicted molar refractivity (Wildman–Crippen MR) is 106 cm³/mol. The topological polar surface area (TPSA) is 88.3 Å². The minimum atomic E-state index is -0.700. The maximum absolute atomic E-state index is 12.2. The van der Waals surface area contributed by atoms with Crippen molar-refractivity contribution in [1.29, 1.82) is 0 Å². The summed E-state index contributed by atoms with van der Waals surface area (Å²) in [4.78, 5) is 22.8. The van der Waals surface area contributed by atoms with Crippen LogP contribution in [0.4, 0.5) is 0 Å². The molecular formula is C22H36N2O4. The van der Waals surface area contributed by atoms with Gasteiger partial charge in [0, 0.05) is 18.3 Å². The second-order valence-electron chi connectivity index (χ2n) is 8.89. The van der Waals surface area contributed by atoms with Crippen molar-refractivity contribution in [2.75, 3.05) is 13.1 Å². The second kappa shape index (κ2) is 11.0. The molecule has 3 rings (SSSR count). The van der Waals surface area contributed by atoms with Crippen LogP contribution in [0.5, 0.6) is 0 Å². The van der Waals surface area contributed by atoms with Gasteiger partial charge in [0.05, 0.1) is 18.8 Å². The van der Waals surface area contributed by atoms with Crippen molar-refractivity contribution in [3.05, 3.63) is 0 Å². The monoisotopic (exact) mass is 392 g/mol. The molecule has 0 aromatic heterocycles. The number of hydrogen-bond donors (Lipinski definition) is 1. The third kappa shape index (κ3) is 6.10. The van der Waals surface area contributed by atoms with E-state index in [1.54, 1.807) is 0 Å². The molecule has 3 aliphatic rings. The molecule has 2 saturated heterocycles. The van der Waals surface area contributed by atoms with E-state index in [4.69, 9.17) is 9.84 Å². The first-order valence-corrected chi connectivity index (χ1v) is 11.4. The van der Waals surface area contributed by atoms with Crippen LogP contribution in [0.1, 0.15) is 83.5 Å². The Labute approximate surface area is 168 Å². The minimum Gasteiger partial charge on any atom is -0.481 e. The van der Waals surface area contributed by atoms with Crippen LogP contribution in [-0.2, 0) is 14.3 Å². The van der Waals surface area contributed by atoms with Crippen molar-refractivity contribution in [3.8, 4) is 0 Å². The fraction of sp³-hybridized carbons (Fsp3) is 0.909. The fourth-order valence-corrected chi connectivity index (χ4v) is 5.36. The molecule has 0 aromatic rings. The molecule has 0 radical (unpaired) electrons. The van der Waals surface area contributed by atoms with Crippen molar-refractivity contribution in [2.45, 2.75) is 95.7 Å². The molecule has 0 amide bonds. The average Bonchev–Trinajstić information content (AvgIpc) is 3.30. The number of carboxylic acid groups (broad SMARTS) is 1. The summed E-state index contributed by atoms with van der Waals surface area (Å²) in [5.41, 5.74) is 0. The smallest absolute Gasteiger partial charge is 0.303 e. The van der Waals surface area contributed by atoms with Gasteiger partial charge in [-0.15, -0.1) is 0 Å². The van der Waals surface area contributed by atoms with Gasteiger partial charge in [0.15, 0.2) is 5.78 Å². The molecule has 1 saturated carbocycles. The normalized spacial score (nSPS) is 30.3. The number of nitrogens with zero attached hydrogens (tertiary/aromatic N) is 2. The lowest BCUT2D eigenvalue weighted by molar-refractivity contribution is -0.137. The predicted octanol–water partition coefficient (Wildman–Crippen LogP) is 4.81. The number of fused-ring (bicyclic) bond motifs is 2. The molecule has 6 heteroatoms. The van der Waals surface area contributed by atoms with Gasteiger partial charge in [0.1, 0.15) is 6.54 Å². The molecule has 0 aromatic carbocycles. The van der Waals surface area contributed by atoms with E-state index in [2.05, 4.69) is 10.2 Å². The molecule has 4 unspecified atom stereocenters. The Morgan fingerprint density at radius 2 is 1.57 bits per heavy atom. The lowest BCUT2D eigenvalue weighted by Gasteiger charge is -2.26. The minimum absolute atomic E-state index is 0.215. The molecule has 0 spiro atoms. The van der Waals surface area contributed by atoms with E-state index in [0.29, 0.717) is 30.6 Å². The Bertz CT molecular complexity index is 545. The standard InChI is InChI=1S/C22H36N2O4/c25-19(16-8-4-3-5-9-16)15-24-23-14-18-17(20-12-13-21(18)28-20)10-6-1-2-7-11-22(26)27/h16-18,20-21H,1-15H2,(H,26,27). The highest BCUT2D eigenvalue weighted by Crippen LogP contribution is 2.45. The zero-order valence-corrected chi connectivity index (χ0v) is 17.1. The summed E-state index contributed by atoms with van der Waals surface area (Å²) in [5.74, 6) is 0.768. The summed E-state index contributed by atoms with van der Waals surface area (Å²) in [5, 5.41) is 17.3. The first-order chi connectivity index (χ1) is 13.6. The quantitative estimate of drug-likeness (QED) is 0.381. The maximum atomic E-state index is 12.2. The van der Waals surface area contributed by atoms with Gasteiger partial charge in [0.2, 0.25) is 0 Å². The number of aliphatic carboxylic acids is 1. The summed E-state index contributed by atoms with van der Waals surface area (Å²) in [6.07, 6.45) is 14.0. The van der Waals surface area contributed by atoms with E-state index in [-0.39, 0.29) is 24.7 Å². The number of carboxylic acids is 1. The molecule has 2 bridgehead atoms. The van der Waals surface area contributed by atoms with Gasteiger partial charge in [-0.1, -0.05) is 38.5 Å². The lowest BCUT2D eigenvalue weighted by Crippen LogP contribution is -2.29. The number of carbonyl (C=O) groups excluding carboxylic acids is 1. The highest BCUT2D eigenvalue weighted by atomic mass is 16.5. The van der Waals surface area contributed by atoms with E-state index in [0.717, 1.165) is 57.8 Å². The first kappa shape index (κ1) is 21.4. The van der Waals surface area contributed by atoms with Gasteiger partial charge < -0.3 is 9.84 Å². The summed E-state index contributed by atoms with van der Waals surface area (Å²) in [7, 11) is 0. The summed E-state index contributed by atoms with van der Waals surface area (Å²) >= 11 is 0. The number of carbonyl (C=O) groups is 2. The number of ether oxygens (including phenoxy) is 1. The SMILES string of the molecule is O=C(O)CCCCCCC1C2CCC(O2)C1CN=NCC(=O)C1CCCCC1. The van der Waals surface area contributed by atoms with Crippen LogP contribution in [0, 0.1) is 17.8 Å². The molecule has 2 aliphatic heterocycles. The van der Waals surface area contributed by atoms with E-state index < -0.39 is 5.97 Å². The molecule has 3 fully saturated rings. The van der Waals surface area contributed by atoms with E-state index in [1.165, 1.54) is 19.3 Å². The van der Waals surface area contributed by atoms with Crippen molar-refractivity contribution >= 4 is 11.8 Å². The molecule has 158 valence electrons. The summed E-state index contributed by atoms with van der Waals surface area (Å²) < 4.78 is 6.13. The van der Waals surface area contributed by atoms with Crippen molar-refractivity contribution < 1.29 is 19.4 Å². The molecule has 1 N–H and O–H groups in total. The number of unbranched alkanes of at least 4 members (excludes halogenated alkanes) is 3. The second-order valence-corrected chi connectivity index (χ2v) is 8.89. The highest BCUT2D eigenvalue weighted by molar-refractivity contribution is 5.83. The Morgan fingerprint density at radius 1 is 0.857 bits per heavy atom. The number of ketones is 1. The molecule has 6 nitrogen and oxygen atoms in total. The van der Waals surface area contributed by atoms with Crippen LogP contribution >= 0.6 is 0 Å². The average molecular weight is 393 g/mol. The van der Waals surface area contributed by atoms with Gasteiger partial charge >= 0.3 is 5.97 Å². The maximum Gasteiger partial charge on any atom is 0.303 e. The van der Waals surface area contributed by atoms with Crippen molar-refractivity contribution in [2.24, 2.45) is 28.0 Å². The van der Waals surface area contributed by atoms with E-state index in [1.807, 2.05) is 0 Å². The molecule has 4 atom stereocenters. The number of hydrogen-bond acceptors (Lipinski definition) is 5. The highest BCUT2D eigenvalue weighted by Gasteiger charge is 2.48. The fourth-order valence-electron chi connectivity index (χ4n) is 5.36. The number of rotatable bonds is 12. The van der Waals surface area contributed by atoms with Crippen LogP contribution in [0.3, 0.4) is 0 Å². The Hall–Kier alpha value is -1.30. The molecule has 28 heavy (non-hydrogen) atoms. The van der Waals surface area contributed by atoms with Crippen LogP contribution < -0.4 is 0 Å². The van der Waals surface area contributed by atoms with Gasteiger partial charge in [-0.3, -0.25) is 9.59 Å². The molecular weight excluding hydrogens is 356 g/mol. The third-order valence-corrected chi connectivity index (χ3v) is 6.95. The Kier molecular flexibility index (Phi) is 8.44. The van der Waals surface area contributed by atoms with Gasteiger partial charge in [-0.25, -0.2) is 0 Å². The zero-order valence-electron chi connectivity index (χ0n) is 17.1. The Morgan fingerprint density at radius 3 is 2.32 bits per heavy atom. The van der Waals surface area contributed by atoms with Crippen molar-refractivity contribution in [1.82, 2.24) is 0 Å². The van der Waals surface area contributed by atoms with Crippen LogP contribution in [0.25, 0.3) is 0 Å². The third-order valence-electron chi connectivity index (χ3n) is 6.95. The van der Waals surface area contributed by atoms with E-state index in [9.17, 15) is 9.59 Å². The van der Waals surface area contributed by atoms with Crippen molar-refractivity contribution in [3.63, 3.8) is 0 Å². The summed E-state index contributed by atoms with van der Waals surface area (Å²) in [6.45, 7) is 0.934. The van der Waals surface area contributed by atoms with Gasteiger partial charge in [0.25, 0.3) is 0 Å². The first-order valence-electron chi connectivity index (χ1n) is 11.4. The van der Waals surface area contributed by atoms with Gasteiger partial charge in [-0.05, 0) is 44.4 Å². The van der Waals surface area contributed by atoms with Crippen LogP contribution in [0.2, 0.25) is 0 Å². The molecule has 2 heterocycles. The summed E-state index contributed by atoms with van der Waals surface area (Å²) in [6, 6.07) is 0. The Balaban J connectivity index is 1.36. The van der Waals surface area contributed by atoms with Crippen LogP contribution in [-0.4, -0.2) is 42.2 Å². The number of azo groups is 1. The lowest BCUT2D eigenvalue weighted by atomic mass is 9.76. The van der Waals surface area contributed by atoms with E-state index >= 15 is 0 Å². The van der Waals surface area contributed by atoms with Crippen LogP contribution in [0.15, 0.2) is 10.2 Å². The van der Waals surface area contributed by atoms with Gasteiger partial charge in [-0.2, -0.15) is 10.2 Å².